The Morgan fingerprint density at radius 3 is 2.71 bits per heavy atom. The Morgan fingerprint density at radius 1 is 1.25 bits per heavy atom. The first kappa shape index (κ1) is 15.8. The molecule has 3 heterocycles. The lowest BCUT2D eigenvalue weighted by molar-refractivity contribution is -0.159. The molecule has 0 aromatic carbocycles. The monoisotopic (exact) mass is 337 g/mol. The second-order valence-electron chi connectivity index (χ2n) is 4.82. The van der Waals surface area contributed by atoms with Gasteiger partial charge in [0.15, 0.2) is 0 Å². The smallest absolute Gasteiger partial charge is 0.329 e. The Balaban J connectivity index is 1.77. The minimum absolute atomic E-state index is 0.150. The quantitative estimate of drug-likeness (QED) is 0.723. The van der Waals surface area contributed by atoms with E-state index in [2.05, 4.69) is 24.6 Å². The van der Waals surface area contributed by atoms with Crippen LogP contribution in [0.1, 0.15) is 11.6 Å². The minimum atomic E-state index is -4.72. The van der Waals surface area contributed by atoms with E-state index in [1.165, 1.54) is 23.2 Å². The van der Waals surface area contributed by atoms with E-state index in [1.807, 2.05) is 0 Å². The van der Waals surface area contributed by atoms with Crippen molar-refractivity contribution >= 4 is 0 Å². The van der Waals surface area contributed by atoms with E-state index in [0.29, 0.717) is 13.0 Å². The fourth-order valence-corrected chi connectivity index (χ4v) is 1.99. The second-order valence-corrected chi connectivity index (χ2v) is 4.82. The Labute approximate surface area is 132 Å². The van der Waals surface area contributed by atoms with Gasteiger partial charge in [-0.25, -0.2) is 9.97 Å². The summed E-state index contributed by atoms with van der Waals surface area (Å²) in [6.07, 6.45) is 0.265. The van der Waals surface area contributed by atoms with E-state index >= 15 is 0 Å². The predicted molar refractivity (Wildman–Crippen MR) is 74.7 cm³/mol. The molecule has 0 fully saturated rings. The maximum Gasteiger partial charge on any atom is 0.471 e. The lowest BCUT2D eigenvalue weighted by atomic mass is 10.2. The van der Waals surface area contributed by atoms with E-state index in [0.717, 1.165) is 11.8 Å². The third-order valence-electron chi connectivity index (χ3n) is 3.17. The average molecular weight is 337 g/mol. The number of alkyl halides is 3. The predicted octanol–water partition coefficient (Wildman–Crippen LogP) is 1.95. The molecule has 0 saturated carbocycles. The molecular formula is C14H10F3N5O2. The number of aryl methyl sites for hydroxylation is 2. The molecule has 0 radical (unpaired) electrons. The Kier molecular flexibility index (Phi) is 4.11. The molecule has 3 aromatic heterocycles. The molecular weight excluding hydrogens is 327 g/mol. The first-order valence-corrected chi connectivity index (χ1v) is 6.80. The van der Waals surface area contributed by atoms with Gasteiger partial charge in [-0.05, 0) is 12.1 Å². The average Bonchev–Trinajstić information content (AvgIpc) is 3.05. The van der Waals surface area contributed by atoms with Crippen molar-refractivity contribution in [1.29, 1.82) is 0 Å². The van der Waals surface area contributed by atoms with E-state index < -0.39 is 12.1 Å². The fourth-order valence-electron chi connectivity index (χ4n) is 1.99. The molecule has 0 N–H and O–H groups in total. The maximum absolute atomic E-state index is 12.4. The summed E-state index contributed by atoms with van der Waals surface area (Å²) >= 11 is 0. The maximum atomic E-state index is 12.4. The van der Waals surface area contributed by atoms with E-state index in [1.54, 1.807) is 12.3 Å². The lowest BCUT2D eigenvalue weighted by Gasteiger charge is -2.05. The molecule has 0 aliphatic carbocycles. The van der Waals surface area contributed by atoms with Crippen molar-refractivity contribution in [3.63, 3.8) is 0 Å². The Hall–Kier alpha value is -3.04. The van der Waals surface area contributed by atoms with Crippen LogP contribution in [0.5, 0.6) is 0 Å². The first-order valence-electron chi connectivity index (χ1n) is 6.80. The number of halogens is 3. The zero-order valence-corrected chi connectivity index (χ0v) is 12.1. The van der Waals surface area contributed by atoms with Gasteiger partial charge in [0, 0.05) is 42.7 Å². The molecule has 0 aliphatic heterocycles. The fraction of sp³-hybridized carbons (Fsp3) is 0.214. The zero-order chi connectivity index (χ0) is 17.2. The van der Waals surface area contributed by atoms with Crippen molar-refractivity contribution in [2.24, 2.45) is 0 Å². The molecule has 3 aromatic rings. The van der Waals surface area contributed by atoms with Crippen LogP contribution in [0.4, 0.5) is 13.2 Å². The van der Waals surface area contributed by atoms with Crippen LogP contribution in [-0.2, 0) is 19.1 Å². The van der Waals surface area contributed by atoms with E-state index in [4.69, 9.17) is 0 Å². The lowest BCUT2D eigenvalue weighted by Crippen LogP contribution is -2.20. The summed E-state index contributed by atoms with van der Waals surface area (Å²) in [5.74, 6) is -1.74. The SMILES string of the molecule is O=c1cc(-c2noc(C(F)(F)F)n2)ccn1CCc1ccncn1. The number of hydrogen-bond acceptors (Lipinski definition) is 6. The van der Waals surface area contributed by atoms with E-state index in [9.17, 15) is 18.0 Å². The summed E-state index contributed by atoms with van der Waals surface area (Å²) in [6.45, 7) is 0.371. The number of hydrogen-bond donors (Lipinski definition) is 0. The third-order valence-corrected chi connectivity index (χ3v) is 3.17. The van der Waals surface area contributed by atoms with Gasteiger partial charge in [0.25, 0.3) is 5.56 Å². The molecule has 24 heavy (non-hydrogen) atoms. The van der Waals surface area contributed by atoms with Gasteiger partial charge >= 0.3 is 12.1 Å². The van der Waals surface area contributed by atoms with E-state index in [-0.39, 0.29) is 16.9 Å². The highest BCUT2D eigenvalue weighted by molar-refractivity contribution is 5.52. The van der Waals surface area contributed by atoms with Crippen LogP contribution in [0.3, 0.4) is 0 Å². The topological polar surface area (TPSA) is 86.7 Å². The highest BCUT2D eigenvalue weighted by Crippen LogP contribution is 2.28. The van der Waals surface area contributed by atoms with Gasteiger partial charge in [0.05, 0.1) is 0 Å². The molecule has 3 rings (SSSR count). The molecule has 0 atom stereocenters. The summed E-state index contributed by atoms with van der Waals surface area (Å²) < 4.78 is 42.9. The summed E-state index contributed by atoms with van der Waals surface area (Å²) in [5, 5.41) is 3.25. The van der Waals surface area contributed by atoms with Gasteiger partial charge in [0.1, 0.15) is 6.33 Å². The van der Waals surface area contributed by atoms with Crippen LogP contribution in [-0.4, -0.2) is 24.7 Å². The largest absolute Gasteiger partial charge is 0.471 e. The Bertz CT molecular complexity index is 889. The standard InChI is InChI=1S/C14H10F3N5O2/c15-14(16,17)13-20-12(21-24-13)9-2-5-22(11(23)7-9)6-3-10-1-4-18-8-19-10/h1-2,4-5,7-8H,3,6H2. The zero-order valence-electron chi connectivity index (χ0n) is 12.1. The van der Waals surface area contributed by atoms with Crippen molar-refractivity contribution in [3.8, 4) is 11.4 Å². The molecule has 0 saturated heterocycles. The normalized spacial score (nSPS) is 11.6. The van der Waals surface area contributed by atoms with Crippen molar-refractivity contribution in [1.82, 2.24) is 24.7 Å². The molecule has 0 spiro atoms. The summed E-state index contributed by atoms with van der Waals surface area (Å²) in [4.78, 5) is 23.2. The van der Waals surface area contributed by atoms with Crippen molar-refractivity contribution in [3.05, 3.63) is 58.9 Å². The van der Waals surface area contributed by atoms with Crippen molar-refractivity contribution in [2.75, 3.05) is 0 Å². The number of aromatic nitrogens is 5. The molecule has 124 valence electrons. The number of rotatable bonds is 4. The summed E-state index contributed by atoms with van der Waals surface area (Å²) in [6, 6.07) is 4.34. The van der Waals surface area contributed by atoms with Gasteiger partial charge in [-0.2, -0.15) is 18.2 Å². The minimum Gasteiger partial charge on any atom is -0.329 e. The van der Waals surface area contributed by atoms with Gasteiger partial charge < -0.3 is 9.09 Å². The third kappa shape index (κ3) is 3.47. The first-order chi connectivity index (χ1) is 11.4. The number of pyridine rings is 1. The Morgan fingerprint density at radius 2 is 2.08 bits per heavy atom. The van der Waals surface area contributed by atoms with Crippen LogP contribution >= 0.6 is 0 Å². The van der Waals surface area contributed by atoms with Gasteiger partial charge in [-0.15, -0.1) is 0 Å². The van der Waals surface area contributed by atoms with Gasteiger partial charge in [-0.1, -0.05) is 5.16 Å². The van der Waals surface area contributed by atoms with Crippen LogP contribution in [0.25, 0.3) is 11.4 Å². The summed E-state index contributed by atoms with van der Waals surface area (Å²) in [7, 11) is 0. The summed E-state index contributed by atoms with van der Waals surface area (Å²) in [5.41, 5.74) is 0.534. The molecule has 0 unspecified atom stereocenters. The second kappa shape index (κ2) is 6.22. The van der Waals surface area contributed by atoms with Crippen molar-refractivity contribution in [2.45, 2.75) is 19.1 Å². The van der Waals surface area contributed by atoms with Gasteiger partial charge in [0.2, 0.25) is 5.82 Å². The molecule has 0 bridgehead atoms. The van der Waals surface area contributed by atoms with Gasteiger partial charge in [-0.3, -0.25) is 4.79 Å². The molecule has 7 nitrogen and oxygen atoms in total. The molecule has 10 heteroatoms. The van der Waals surface area contributed by atoms with Crippen LogP contribution in [0, 0.1) is 0 Å². The number of nitrogens with zero attached hydrogens (tertiary/aromatic N) is 5. The highest BCUT2D eigenvalue weighted by Gasteiger charge is 2.38. The molecule has 0 amide bonds. The molecule has 0 aliphatic rings. The van der Waals surface area contributed by atoms with Crippen LogP contribution in [0.2, 0.25) is 0 Å². The van der Waals surface area contributed by atoms with Crippen molar-refractivity contribution < 1.29 is 17.7 Å². The van der Waals surface area contributed by atoms with Crippen LogP contribution in [0.15, 0.2) is 46.2 Å². The van der Waals surface area contributed by atoms with Crippen LogP contribution < -0.4 is 5.56 Å². The highest BCUT2D eigenvalue weighted by atomic mass is 19.4.